The molecule has 29 heavy (non-hydrogen) atoms. The molecule has 1 saturated heterocycles. The smallest absolute Gasteiger partial charge is 0.119 e. The van der Waals surface area contributed by atoms with Crippen molar-refractivity contribution in [2.75, 3.05) is 26.2 Å². The van der Waals surface area contributed by atoms with Crippen LogP contribution in [0, 0.1) is 0 Å². The number of likely N-dealkylation sites (tertiary alicyclic amines) is 1. The molecule has 0 radical (unpaired) electrons. The summed E-state index contributed by atoms with van der Waals surface area (Å²) >= 11 is 5.96. The molecule has 1 aliphatic rings. The van der Waals surface area contributed by atoms with Crippen LogP contribution in [0.2, 0.25) is 5.02 Å². The van der Waals surface area contributed by atoms with E-state index in [9.17, 15) is 0 Å². The number of pyridine rings is 1. The summed E-state index contributed by atoms with van der Waals surface area (Å²) < 4.78 is 5.91. The number of rotatable bonds is 6. The van der Waals surface area contributed by atoms with E-state index in [1.165, 1.54) is 6.42 Å². The quantitative estimate of drug-likeness (QED) is 0.633. The summed E-state index contributed by atoms with van der Waals surface area (Å²) in [4.78, 5) is 7.00. The van der Waals surface area contributed by atoms with Gasteiger partial charge in [-0.3, -0.25) is 9.88 Å². The van der Waals surface area contributed by atoms with Crippen LogP contribution in [0.1, 0.15) is 12.8 Å². The Labute approximate surface area is 177 Å². The third-order valence-electron chi connectivity index (χ3n) is 5.31. The van der Waals surface area contributed by atoms with Gasteiger partial charge in [-0.05, 0) is 67.4 Å². The number of ether oxygens (including phenoxy) is 1. The lowest BCUT2D eigenvalue weighted by molar-refractivity contribution is 0.171. The normalized spacial score (nSPS) is 17.2. The molecule has 0 spiro atoms. The Bertz CT molecular complexity index is 910. The van der Waals surface area contributed by atoms with Gasteiger partial charge in [0.1, 0.15) is 12.4 Å². The SMILES string of the molecule is N[C@@H]1CCCN(CCOc2ccc(-c3ccc(-c4ccc(Cl)cc4)cn3)cc2)C1. The first-order valence-electron chi connectivity index (χ1n) is 10.1. The molecule has 1 fully saturated rings. The van der Waals surface area contributed by atoms with E-state index < -0.39 is 0 Å². The van der Waals surface area contributed by atoms with E-state index in [1.54, 1.807) is 0 Å². The van der Waals surface area contributed by atoms with Crippen LogP contribution in [0.5, 0.6) is 5.75 Å². The number of benzene rings is 2. The van der Waals surface area contributed by atoms with Gasteiger partial charge in [-0.1, -0.05) is 29.8 Å². The molecule has 0 saturated carbocycles. The van der Waals surface area contributed by atoms with Crippen LogP contribution >= 0.6 is 11.6 Å². The Hall–Kier alpha value is -2.40. The molecule has 1 aliphatic heterocycles. The number of nitrogens with two attached hydrogens (primary N) is 1. The summed E-state index contributed by atoms with van der Waals surface area (Å²) in [6.45, 7) is 3.69. The fourth-order valence-electron chi connectivity index (χ4n) is 3.69. The van der Waals surface area contributed by atoms with Gasteiger partial charge in [0, 0.05) is 41.5 Å². The van der Waals surface area contributed by atoms with Crippen molar-refractivity contribution >= 4 is 11.6 Å². The molecule has 5 heteroatoms. The minimum atomic E-state index is 0.307. The summed E-state index contributed by atoms with van der Waals surface area (Å²) in [5.74, 6) is 0.882. The molecular weight excluding hydrogens is 382 g/mol. The van der Waals surface area contributed by atoms with E-state index in [1.807, 2.05) is 48.7 Å². The predicted octanol–water partition coefficient (Wildman–Crippen LogP) is 4.87. The number of halogens is 1. The lowest BCUT2D eigenvalue weighted by Crippen LogP contribution is -2.44. The second kappa shape index (κ2) is 9.40. The van der Waals surface area contributed by atoms with Crippen molar-refractivity contribution in [3.8, 4) is 28.1 Å². The lowest BCUT2D eigenvalue weighted by atomic mass is 10.1. The molecule has 1 atom stereocenters. The van der Waals surface area contributed by atoms with Crippen molar-refractivity contribution in [1.29, 1.82) is 0 Å². The van der Waals surface area contributed by atoms with E-state index in [0.29, 0.717) is 12.6 Å². The summed E-state index contributed by atoms with van der Waals surface area (Å²) in [5.41, 5.74) is 10.2. The van der Waals surface area contributed by atoms with Gasteiger partial charge in [-0.25, -0.2) is 0 Å². The monoisotopic (exact) mass is 407 g/mol. The van der Waals surface area contributed by atoms with Crippen molar-refractivity contribution in [1.82, 2.24) is 9.88 Å². The fraction of sp³-hybridized carbons (Fsp3) is 0.292. The largest absolute Gasteiger partial charge is 0.492 e. The molecule has 150 valence electrons. The summed E-state index contributed by atoms with van der Waals surface area (Å²) in [7, 11) is 0. The molecule has 2 aromatic carbocycles. The van der Waals surface area contributed by atoms with Gasteiger partial charge < -0.3 is 10.5 Å². The van der Waals surface area contributed by atoms with Crippen LogP contribution in [0.25, 0.3) is 22.4 Å². The van der Waals surface area contributed by atoms with E-state index in [0.717, 1.165) is 59.2 Å². The Balaban J connectivity index is 1.33. The molecule has 2 N–H and O–H groups in total. The summed E-state index contributed by atoms with van der Waals surface area (Å²) in [6.07, 6.45) is 4.21. The molecule has 4 rings (SSSR count). The van der Waals surface area contributed by atoms with Crippen LogP contribution < -0.4 is 10.5 Å². The van der Waals surface area contributed by atoms with Gasteiger partial charge in [0.05, 0.1) is 5.69 Å². The lowest BCUT2D eigenvalue weighted by Gasteiger charge is -2.30. The van der Waals surface area contributed by atoms with Gasteiger partial charge in [-0.2, -0.15) is 0 Å². The predicted molar refractivity (Wildman–Crippen MR) is 119 cm³/mol. The van der Waals surface area contributed by atoms with Crippen molar-refractivity contribution in [2.45, 2.75) is 18.9 Å². The molecule has 0 bridgehead atoms. The molecule has 0 aliphatic carbocycles. The maximum absolute atomic E-state index is 6.03. The zero-order valence-electron chi connectivity index (χ0n) is 16.4. The second-order valence-corrected chi connectivity index (χ2v) is 7.95. The summed E-state index contributed by atoms with van der Waals surface area (Å²) in [6, 6.07) is 20.3. The van der Waals surface area contributed by atoms with Gasteiger partial charge in [-0.15, -0.1) is 0 Å². The standard InChI is InChI=1S/C24H26ClN3O/c25-21-8-3-18(4-9-21)20-7-12-24(27-16-20)19-5-10-23(11-6-19)29-15-14-28-13-1-2-22(26)17-28/h3-12,16,22H,1-2,13-15,17,26H2/t22-/m1/s1. The number of hydrogen-bond acceptors (Lipinski definition) is 4. The Morgan fingerprint density at radius 1 is 0.966 bits per heavy atom. The van der Waals surface area contributed by atoms with Crippen molar-refractivity contribution in [2.24, 2.45) is 5.73 Å². The molecule has 3 aromatic rings. The van der Waals surface area contributed by atoms with Gasteiger partial charge in [0.2, 0.25) is 0 Å². The molecule has 4 nitrogen and oxygen atoms in total. The third-order valence-corrected chi connectivity index (χ3v) is 5.56. The highest BCUT2D eigenvalue weighted by atomic mass is 35.5. The van der Waals surface area contributed by atoms with Crippen molar-refractivity contribution in [3.05, 3.63) is 71.9 Å². The molecule has 2 heterocycles. The maximum Gasteiger partial charge on any atom is 0.119 e. The van der Waals surface area contributed by atoms with E-state index in [2.05, 4.69) is 28.1 Å². The zero-order valence-corrected chi connectivity index (χ0v) is 17.2. The maximum atomic E-state index is 6.03. The number of piperidine rings is 1. The van der Waals surface area contributed by atoms with Crippen LogP contribution in [0.3, 0.4) is 0 Å². The highest BCUT2D eigenvalue weighted by Gasteiger charge is 2.16. The number of nitrogens with zero attached hydrogens (tertiary/aromatic N) is 2. The zero-order chi connectivity index (χ0) is 20.1. The van der Waals surface area contributed by atoms with Crippen LogP contribution in [0.4, 0.5) is 0 Å². The minimum absolute atomic E-state index is 0.307. The van der Waals surface area contributed by atoms with E-state index >= 15 is 0 Å². The van der Waals surface area contributed by atoms with Crippen molar-refractivity contribution < 1.29 is 4.74 Å². The van der Waals surface area contributed by atoms with Crippen LogP contribution in [-0.4, -0.2) is 42.2 Å². The van der Waals surface area contributed by atoms with E-state index in [-0.39, 0.29) is 0 Å². The number of hydrogen-bond donors (Lipinski definition) is 1. The highest BCUT2D eigenvalue weighted by Crippen LogP contribution is 2.25. The molecule has 1 aromatic heterocycles. The first-order chi connectivity index (χ1) is 14.2. The topological polar surface area (TPSA) is 51.4 Å². The van der Waals surface area contributed by atoms with Crippen molar-refractivity contribution in [3.63, 3.8) is 0 Å². The van der Waals surface area contributed by atoms with Gasteiger partial charge in [0.25, 0.3) is 0 Å². The highest BCUT2D eigenvalue weighted by molar-refractivity contribution is 6.30. The summed E-state index contributed by atoms with van der Waals surface area (Å²) in [5, 5.41) is 0.736. The van der Waals surface area contributed by atoms with E-state index in [4.69, 9.17) is 22.1 Å². The first-order valence-corrected chi connectivity index (χ1v) is 10.5. The second-order valence-electron chi connectivity index (χ2n) is 7.51. The average molecular weight is 408 g/mol. The molecule has 0 unspecified atom stereocenters. The van der Waals surface area contributed by atoms with Crippen LogP contribution in [-0.2, 0) is 0 Å². The minimum Gasteiger partial charge on any atom is -0.492 e. The molecule has 0 amide bonds. The Morgan fingerprint density at radius 3 is 2.38 bits per heavy atom. The Morgan fingerprint density at radius 2 is 1.69 bits per heavy atom. The third kappa shape index (κ3) is 5.36. The molecular formula is C24H26ClN3O. The van der Waals surface area contributed by atoms with Gasteiger partial charge >= 0.3 is 0 Å². The first kappa shape index (κ1) is 19.9. The number of aromatic nitrogens is 1. The average Bonchev–Trinajstić information content (AvgIpc) is 2.75. The fourth-order valence-corrected chi connectivity index (χ4v) is 3.81. The van der Waals surface area contributed by atoms with Gasteiger partial charge in [0.15, 0.2) is 0 Å². The van der Waals surface area contributed by atoms with Crippen LogP contribution in [0.15, 0.2) is 66.9 Å². The Kier molecular flexibility index (Phi) is 6.45.